The number of nitrogens with one attached hydrogen (secondary N) is 2. The molecule has 44 heteroatoms. The molecule has 0 aromatic rings. The number of likely N-dealkylation sites (tertiary alicyclic amines) is 3. The van der Waals surface area contributed by atoms with Gasteiger partial charge >= 0.3 is 23.5 Å². The highest BCUT2D eigenvalue weighted by molar-refractivity contribution is 7.48. The zero-order valence-corrected chi connectivity index (χ0v) is 65.8. The summed E-state index contributed by atoms with van der Waals surface area (Å²) >= 11 is 0. The predicted octanol–water partition coefficient (Wildman–Crippen LogP) is -1.90. The Hall–Kier alpha value is -3.08. The normalized spacial score (nSPS) is 29.7. The minimum Gasteiger partial charge on any atom is -0.394 e. The minimum absolute atomic E-state index is 0.0603. The van der Waals surface area contributed by atoms with Crippen LogP contribution in [-0.4, -0.2) is 360 Å². The smallest absolute Gasteiger partial charge is 0.394 e. The van der Waals surface area contributed by atoms with E-state index in [2.05, 4.69) is 10.6 Å². The first-order chi connectivity index (χ1) is 52.3. The van der Waals surface area contributed by atoms with E-state index in [0.717, 1.165) is 0 Å². The molecule has 0 aromatic heterocycles. The number of hydrogen-bond acceptors (Lipinski definition) is 33. The number of methoxy groups -OCH3 is 1. The van der Waals surface area contributed by atoms with Gasteiger partial charge in [0.25, 0.3) is 0 Å². The summed E-state index contributed by atoms with van der Waals surface area (Å²) in [7, 11) is -12.5. The minimum atomic E-state index is -4.72. The number of aliphatic hydroxyl groups is 9. The molecule has 19 atom stereocenters. The lowest BCUT2D eigenvalue weighted by Crippen LogP contribution is -2.64. The first-order valence-electron chi connectivity index (χ1n) is 37.7. The average Bonchev–Trinajstić information content (AvgIpc) is 0.830. The standard InChI is InChI=1S/C66H120N5O36P3/c1-43-57(80)58(81)49(37-72)102-63(43)95-30-8-5-13-52(77)69-22-16-46(17-23-69)105-108(86,87)99-33-11-28-93-41-66(40-92-4,98-35-36-101-110(90,91)107-48-20-26-71(27-21-48)54(79)15-7-10-32-97-65-56(68-45(3)76)62(85)60(83)51(39-74)104-65)42-94-29-12-34-100-109(88,89)106-47-18-24-70(25-19-47)53(78)14-6-9-31-96-64-55(67-44(2)75)61(84)59(82)50(38-73)103-64/h43,46-51,55-65,72-74,80-85H,5-42H2,1-4H3,(H,67,75)(H,68,76)(H,86,87)(H,88,89)(H,90,91). The topological polar surface area (TPSA) is 561 Å². The molecule has 0 spiro atoms. The number of piperidine rings is 3. The van der Waals surface area contributed by atoms with Crippen LogP contribution in [-0.2, 0) is 112 Å². The first kappa shape index (κ1) is 95.8. The van der Waals surface area contributed by atoms with Crippen LogP contribution in [0.2, 0.25) is 0 Å². The van der Waals surface area contributed by atoms with Crippen LogP contribution < -0.4 is 10.6 Å². The van der Waals surface area contributed by atoms with Crippen molar-refractivity contribution in [3.8, 4) is 0 Å². The van der Waals surface area contributed by atoms with E-state index >= 15 is 0 Å². The van der Waals surface area contributed by atoms with E-state index in [1.165, 1.54) is 21.0 Å². The Labute approximate surface area is 640 Å². The second-order valence-corrected chi connectivity index (χ2v) is 32.4. The number of rotatable bonds is 50. The Morgan fingerprint density at radius 2 is 0.755 bits per heavy atom. The van der Waals surface area contributed by atoms with Gasteiger partial charge in [0.1, 0.15) is 66.5 Å². The predicted molar refractivity (Wildman–Crippen MR) is 378 cm³/mol. The molecular weight excluding hydrogens is 1530 g/mol. The lowest BCUT2D eigenvalue weighted by Gasteiger charge is -2.42. The van der Waals surface area contributed by atoms with Crippen molar-refractivity contribution >= 4 is 53.0 Å². The van der Waals surface area contributed by atoms with Crippen LogP contribution in [0.15, 0.2) is 0 Å². The monoisotopic (exact) mass is 1650 g/mol. The molecule has 6 heterocycles. The Morgan fingerprint density at radius 1 is 0.427 bits per heavy atom. The van der Waals surface area contributed by atoms with Crippen LogP contribution in [0.4, 0.5) is 0 Å². The highest BCUT2D eigenvalue weighted by Gasteiger charge is 2.48. The molecule has 0 radical (unpaired) electrons. The number of carbonyl (C=O) groups is 5. The number of amides is 5. The van der Waals surface area contributed by atoms with Gasteiger partial charge in [0.15, 0.2) is 18.9 Å². The van der Waals surface area contributed by atoms with Crippen molar-refractivity contribution in [2.75, 3.05) is 145 Å². The molecule has 6 saturated heterocycles. The highest BCUT2D eigenvalue weighted by atomic mass is 31.2. The summed E-state index contributed by atoms with van der Waals surface area (Å²) in [6, 6.07) is -2.21. The van der Waals surface area contributed by atoms with Gasteiger partial charge in [-0.2, -0.15) is 0 Å². The molecule has 0 saturated carbocycles. The van der Waals surface area contributed by atoms with Crippen molar-refractivity contribution in [2.24, 2.45) is 5.92 Å². The molecule has 6 fully saturated rings. The number of ether oxygens (including phenoxy) is 10. The van der Waals surface area contributed by atoms with E-state index in [1.807, 2.05) is 0 Å². The van der Waals surface area contributed by atoms with E-state index < -0.39 is 177 Å². The maximum atomic E-state index is 13.3. The second-order valence-electron chi connectivity index (χ2n) is 28.2. The van der Waals surface area contributed by atoms with Gasteiger partial charge in [0.05, 0.1) is 90.5 Å². The van der Waals surface area contributed by atoms with Gasteiger partial charge in [0.2, 0.25) is 29.5 Å². The number of phosphoric ester groups is 3. The van der Waals surface area contributed by atoms with E-state index in [1.54, 1.807) is 21.6 Å². The summed E-state index contributed by atoms with van der Waals surface area (Å²) in [4.78, 5) is 99.6. The summed E-state index contributed by atoms with van der Waals surface area (Å²) in [6.07, 6.45) is -12.2. The van der Waals surface area contributed by atoms with Gasteiger partial charge in [-0.3, -0.25) is 51.1 Å². The van der Waals surface area contributed by atoms with Crippen LogP contribution in [0, 0.1) is 5.92 Å². The largest absolute Gasteiger partial charge is 0.472 e. The summed E-state index contributed by atoms with van der Waals surface area (Å²) in [5.41, 5.74) is -1.44. The fourth-order valence-electron chi connectivity index (χ4n) is 13.3. The summed E-state index contributed by atoms with van der Waals surface area (Å²) in [6.45, 7) is 2.02. The fraction of sp³-hybridized carbons (Fsp3) is 0.924. The van der Waals surface area contributed by atoms with E-state index in [4.69, 9.17) is 74.5 Å². The van der Waals surface area contributed by atoms with E-state index in [0.29, 0.717) is 38.5 Å². The van der Waals surface area contributed by atoms with Crippen molar-refractivity contribution in [2.45, 2.75) is 240 Å². The Kier molecular flexibility index (Phi) is 42.3. The lowest BCUT2D eigenvalue weighted by atomic mass is 9.92. The number of hydrogen-bond donors (Lipinski definition) is 14. The van der Waals surface area contributed by atoms with Gasteiger partial charge in [-0.1, -0.05) is 6.92 Å². The van der Waals surface area contributed by atoms with Crippen LogP contribution in [0.5, 0.6) is 0 Å². The average molecular weight is 1650 g/mol. The number of carbonyl (C=O) groups excluding carboxylic acids is 5. The molecule has 41 nitrogen and oxygen atoms in total. The van der Waals surface area contributed by atoms with Crippen molar-refractivity contribution < 1.29 is 173 Å². The van der Waals surface area contributed by atoms with Crippen molar-refractivity contribution in [1.82, 2.24) is 25.3 Å². The molecule has 14 N–H and O–H groups in total. The molecule has 110 heavy (non-hydrogen) atoms. The van der Waals surface area contributed by atoms with Crippen LogP contribution in [0.3, 0.4) is 0 Å². The van der Waals surface area contributed by atoms with Gasteiger partial charge in [0, 0.05) is 118 Å². The number of nitrogens with zero attached hydrogens (tertiary/aromatic N) is 3. The van der Waals surface area contributed by atoms with E-state index in [-0.39, 0.29) is 200 Å². The lowest BCUT2D eigenvalue weighted by molar-refractivity contribution is -0.282. The third-order valence-electron chi connectivity index (χ3n) is 19.4. The SMILES string of the molecule is COCC(COCCCOP(=O)(O)OC1CCN(C(=O)CCCCOC2OC(CO)C(O)C(O)C2C)CC1)(COCCCOP(=O)(O)OC1CCN(C(=O)CCCCOC2OC(CO)C(O)C(O)C2NC(C)=O)CC1)OCCOP(=O)(O)OC1CCN(C(=O)CCCCOC2OC(CO)C(O)C(O)C2NC(C)=O)CC1. The molecule has 5 amide bonds. The number of unbranched alkanes of at least 4 members (excludes halogenated alkanes) is 3. The number of aliphatic hydroxyl groups excluding tert-OH is 9. The van der Waals surface area contributed by atoms with Crippen molar-refractivity contribution in [1.29, 1.82) is 0 Å². The fourth-order valence-corrected chi connectivity index (χ4v) is 16.2. The van der Waals surface area contributed by atoms with Gasteiger partial charge < -0.3 is 133 Å². The third kappa shape index (κ3) is 32.4. The molecule has 640 valence electrons. The summed E-state index contributed by atoms with van der Waals surface area (Å²) in [5.74, 6) is -2.00. The molecule has 6 rings (SSSR count). The molecule has 6 aliphatic heterocycles. The zero-order chi connectivity index (χ0) is 80.6. The molecule has 0 bridgehead atoms. The second kappa shape index (κ2) is 48.6. The van der Waals surface area contributed by atoms with Crippen LogP contribution in [0.25, 0.3) is 0 Å². The summed E-state index contributed by atoms with van der Waals surface area (Å²) < 4.78 is 129. The molecule has 0 aromatic carbocycles. The highest BCUT2D eigenvalue weighted by Crippen LogP contribution is 2.48. The Morgan fingerprint density at radius 3 is 1.09 bits per heavy atom. The maximum absolute atomic E-state index is 13.3. The van der Waals surface area contributed by atoms with Gasteiger partial charge in [-0.05, 0) is 89.9 Å². The maximum Gasteiger partial charge on any atom is 0.472 e. The Balaban J connectivity index is 0.902. The number of phosphoric acid groups is 3. The molecular formula is C66H120N5O36P3. The molecule has 19 unspecified atom stereocenters. The van der Waals surface area contributed by atoms with E-state index in [9.17, 15) is 98.3 Å². The zero-order valence-electron chi connectivity index (χ0n) is 63.1. The van der Waals surface area contributed by atoms with Crippen LogP contribution in [0.1, 0.15) is 130 Å². The molecule has 0 aliphatic carbocycles. The van der Waals surface area contributed by atoms with Crippen LogP contribution >= 0.6 is 23.5 Å². The summed E-state index contributed by atoms with van der Waals surface area (Å²) in [5, 5.41) is 95.5. The van der Waals surface area contributed by atoms with Gasteiger partial charge in [-0.25, -0.2) is 13.7 Å². The van der Waals surface area contributed by atoms with Gasteiger partial charge in [-0.15, -0.1) is 0 Å². The molecule has 6 aliphatic rings. The van der Waals surface area contributed by atoms with Crippen molar-refractivity contribution in [3.63, 3.8) is 0 Å². The Bertz CT molecular complexity index is 2870. The quantitative estimate of drug-likeness (QED) is 0.0234. The third-order valence-corrected chi connectivity index (χ3v) is 22.6. The first-order valence-corrected chi connectivity index (χ1v) is 42.2. The van der Waals surface area contributed by atoms with Crippen molar-refractivity contribution in [3.05, 3.63) is 0 Å².